The van der Waals surface area contributed by atoms with Crippen LogP contribution in [0.2, 0.25) is 0 Å². The lowest BCUT2D eigenvalue weighted by atomic mass is 10.3. The van der Waals surface area contributed by atoms with Crippen molar-refractivity contribution in [3.05, 3.63) is 44.5 Å². The minimum absolute atomic E-state index is 0.0298. The van der Waals surface area contributed by atoms with Gasteiger partial charge in [-0.05, 0) is 23.1 Å². The van der Waals surface area contributed by atoms with Crippen LogP contribution in [0.25, 0.3) is 6.08 Å². The first-order chi connectivity index (χ1) is 9.19. The van der Waals surface area contributed by atoms with Crippen molar-refractivity contribution < 1.29 is 9.90 Å². The second-order valence-corrected chi connectivity index (χ2v) is 5.68. The van der Waals surface area contributed by atoms with E-state index in [-0.39, 0.29) is 12.5 Å². The largest absolute Gasteiger partial charge is 0.392 e. The first-order valence-electron chi connectivity index (χ1n) is 5.67. The topological polar surface area (TPSA) is 53.4 Å². The average molecular weight is 294 g/mol. The summed E-state index contributed by atoms with van der Waals surface area (Å²) in [6.45, 7) is 0.543. The number of aromatic nitrogens is 1. The lowest BCUT2D eigenvalue weighted by Crippen LogP contribution is -2.24. The third-order valence-electron chi connectivity index (χ3n) is 2.51. The highest BCUT2D eigenvalue weighted by atomic mass is 32.1. The van der Waals surface area contributed by atoms with Gasteiger partial charge >= 0.3 is 0 Å². The van der Waals surface area contributed by atoms with E-state index < -0.39 is 0 Å². The van der Waals surface area contributed by atoms with Crippen molar-refractivity contribution in [2.24, 2.45) is 0 Å². The molecule has 0 aliphatic carbocycles. The summed E-state index contributed by atoms with van der Waals surface area (Å²) >= 11 is 3.02. The molecule has 2 rings (SSSR count). The summed E-state index contributed by atoms with van der Waals surface area (Å²) in [6, 6.07) is 1.87. The van der Waals surface area contributed by atoms with Gasteiger partial charge in [-0.3, -0.25) is 4.79 Å². The van der Waals surface area contributed by atoms with Crippen molar-refractivity contribution >= 4 is 34.7 Å². The molecule has 0 atom stereocenters. The molecule has 0 fully saturated rings. The molecule has 0 saturated carbocycles. The van der Waals surface area contributed by atoms with Gasteiger partial charge in [0, 0.05) is 23.4 Å². The van der Waals surface area contributed by atoms with E-state index in [1.807, 2.05) is 16.8 Å². The van der Waals surface area contributed by atoms with E-state index in [1.165, 1.54) is 22.7 Å². The van der Waals surface area contributed by atoms with E-state index in [0.717, 1.165) is 16.1 Å². The monoisotopic (exact) mass is 294 g/mol. The Morgan fingerprint density at radius 3 is 3.00 bits per heavy atom. The summed E-state index contributed by atoms with van der Waals surface area (Å²) in [6.07, 6.45) is 3.31. The molecule has 0 aliphatic rings. The molecule has 2 aromatic rings. The number of aliphatic hydroxyl groups is 1. The fraction of sp³-hybridized carbons (Fsp3) is 0.231. The van der Waals surface area contributed by atoms with Gasteiger partial charge in [0.1, 0.15) is 0 Å². The molecule has 2 aromatic heterocycles. The predicted molar refractivity (Wildman–Crippen MR) is 77.9 cm³/mol. The number of amides is 1. The summed E-state index contributed by atoms with van der Waals surface area (Å²) < 4.78 is 0. The molecular formula is C13H14N2O2S2. The van der Waals surface area contributed by atoms with Crippen molar-refractivity contribution in [3.63, 3.8) is 0 Å². The van der Waals surface area contributed by atoms with E-state index in [4.69, 9.17) is 5.11 Å². The highest BCUT2D eigenvalue weighted by molar-refractivity contribution is 7.11. The zero-order valence-corrected chi connectivity index (χ0v) is 12.1. The lowest BCUT2D eigenvalue weighted by molar-refractivity contribution is -0.125. The van der Waals surface area contributed by atoms with E-state index in [2.05, 4.69) is 4.98 Å². The van der Waals surface area contributed by atoms with Crippen molar-refractivity contribution in [2.75, 3.05) is 7.05 Å². The molecule has 0 radical (unpaired) electrons. The van der Waals surface area contributed by atoms with Crippen LogP contribution in [-0.4, -0.2) is 27.9 Å². The van der Waals surface area contributed by atoms with Crippen LogP contribution in [0.5, 0.6) is 0 Å². The molecule has 2 heterocycles. The number of thiazole rings is 1. The van der Waals surface area contributed by atoms with Crippen molar-refractivity contribution in [3.8, 4) is 0 Å². The van der Waals surface area contributed by atoms with Crippen LogP contribution in [0.4, 0.5) is 0 Å². The zero-order valence-electron chi connectivity index (χ0n) is 10.4. The van der Waals surface area contributed by atoms with E-state index >= 15 is 0 Å². The Balaban J connectivity index is 1.92. The highest BCUT2D eigenvalue weighted by Crippen LogP contribution is 2.16. The molecule has 4 nitrogen and oxygen atoms in total. The number of aliphatic hydroxyl groups excluding tert-OH is 1. The van der Waals surface area contributed by atoms with Gasteiger partial charge in [-0.15, -0.1) is 22.7 Å². The lowest BCUT2D eigenvalue weighted by Gasteiger charge is -2.12. The minimum atomic E-state index is -0.0630. The number of hydrogen-bond donors (Lipinski definition) is 1. The zero-order chi connectivity index (χ0) is 13.7. The standard InChI is InChI=1S/C13H14N2O2S2/c1-15(5-11-8-18-9-14-11)13(17)3-2-12-4-10(6-16)7-19-12/h2-4,7-9,16H,5-6H2,1H3/b3-2+. The smallest absolute Gasteiger partial charge is 0.246 e. The van der Waals surface area contributed by atoms with Crippen LogP contribution >= 0.6 is 22.7 Å². The van der Waals surface area contributed by atoms with Gasteiger partial charge in [0.15, 0.2) is 0 Å². The third kappa shape index (κ3) is 3.99. The number of carbonyl (C=O) groups is 1. The number of hydrogen-bond acceptors (Lipinski definition) is 5. The molecule has 1 N–H and O–H groups in total. The minimum Gasteiger partial charge on any atom is -0.392 e. The fourth-order valence-electron chi connectivity index (χ4n) is 1.48. The van der Waals surface area contributed by atoms with Crippen molar-refractivity contribution in [1.82, 2.24) is 9.88 Å². The fourth-order valence-corrected chi connectivity index (χ4v) is 2.83. The van der Waals surface area contributed by atoms with Gasteiger partial charge < -0.3 is 10.0 Å². The molecule has 0 bridgehead atoms. The van der Waals surface area contributed by atoms with Crippen LogP contribution in [0, 0.1) is 0 Å². The van der Waals surface area contributed by atoms with Crippen molar-refractivity contribution in [1.29, 1.82) is 0 Å². The molecule has 6 heteroatoms. The van der Waals surface area contributed by atoms with Crippen LogP contribution < -0.4 is 0 Å². The number of nitrogens with zero attached hydrogens (tertiary/aromatic N) is 2. The molecular weight excluding hydrogens is 280 g/mol. The molecule has 0 unspecified atom stereocenters. The number of likely N-dealkylation sites (N-methyl/N-ethyl adjacent to an activating group) is 1. The Labute approximate surface area is 119 Å². The summed E-state index contributed by atoms with van der Waals surface area (Å²) in [5, 5.41) is 12.8. The molecule has 0 aromatic carbocycles. The Morgan fingerprint density at radius 1 is 1.53 bits per heavy atom. The van der Waals surface area contributed by atoms with Crippen LogP contribution in [0.3, 0.4) is 0 Å². The Morgan fingerprint density at radius 2 is 2.37 bits per heavy atom. The summed E-state index contributed by atoms with van der Waals surface area (Å²) in [7, 11) is 1.75. The van der Waals surface area contributed by atoms with Crippen molar-refractivity contribution in [2.45, 2.75) is 13.2 Å². The number of carbonyl (C=O) groups excluding carboxylic acids is 1. The quantitative estimate of drug-likeness (QED) is 0.861. The maximum Gasteiger partial charge on any atom is 0.246 e. The highest BCUT2D eigenvalue weighted by Gasteiger charge is 2.07. The Bertz CT molecular complexity index is 561. The average Bonchev–Trinajstić information content (AvgIpc) is 3.06. The molecule has 0 aliphatic heterocycles. The van der Waals surface area contributed by atoms with Crippen LogP contribution in [-0.2, 0) is 17.9 Å². The van der Waals surface area contributed by atoms with Gasteiger partial charge in [0.2, 0.25) is 5.91 Å². The van der Waals surface area contributed by atoms with Gasteiger partial charge in [0.05, 0.1) is 24.4 Å². The first kappa shape index (κ1) is 13.9. The predicted octanol–water partition coefficient (Wildman–Crippen LogP) is 2.37. The molecule has 1 amide bonds. The number of rotatable bonds is 5. The molecule has 0 saturated heterocycles. The number of thiophene rings is 1. The van der Waals surface area contributed by atoms with Crippen LogP contribution in [0.15, 0.2) is 28.4 Å². The molecule has 0 spiro atoms. The maximum atomic E-state index is 11.9. The Hall–Kier alpha value is -1.50. The van der Waals surface area contributed by atoms with Gasteiger partial charge in [-0.1, -0.05) is 0 Å². The second kappa shape index (κ2) is 6.60. The Kier molecular flexibility index (Phi) is 4.84. The first-order valence-corrected chi connectivity index (χ1v) is 7.50. The second-order valence-electron chi connectivity index (χ2n) is 4.02. The third-order valence-corrected chi connectivity index (χ3v) is 4.09. The molecule has 19 heavy (non-hydrogen) atoms. The van der Waals surface area contributed by atoms with E-state index in [1.54, 1.807) is 29.6 Å². The van der Waals surface area contributed by atoms with Gasteiger partial charge in [0.25, 0.3) is 0 Å². The summed E-state index contributed by atoms with van der Waals surface area (Å²) in [5.41, 5.74) is 3.52. The van der Waals surface area contributed by atoms with E-state index in [9.17, 15) is 4.79 Å². The maximum absolute atomic E-state index is 11.9. The van der Waals surface area contributed by atoms with Gasteiger partial charge in [-0.2, -0.15) is 0 Å². The summed E-state index contributed by atoms with van der Waals surface area (Å²) in [4.78, 5) is 18.6. The van der Waals surface area contributed by atoms with Gasteiger partial charge in [-0.25, -0.2) is 4.98 Å². The molecule has 100 valence electrons. The summed E-state index contributed by atoms with van der Waals surface area (Å²) in [5.74, 6) is -0.0630. The normalized spacial score (nSPS) is 11.1. The SMILES string of the molecule is CN(Cc1cscn1)C(=O)/C=C/c1cc(CO)cs1. The van der Waals surface area contributed by atoms with Crippen LogP contribution in [0.1, 0.15) is 16.1 Å². The van der Waals surface area contributed by atoms with E-state index in [0.29, 0.717) is 6.54 Å².